The largest absolute Gasteiger partial charge is 0.419 e. The van der Waals surface area contributed by atoms with Gasteiger partial charge in [0.2, 0.25) is 0 Å². The van der Waals surface area contributed by atoms with Gasteiger partial charge in [-0.2, -0.15) is 13.2 Å². The van der Waals surface area contributed by atoms with Crippen LogP contribution in [0.2, 0.25) is 0 Å². The average Bonchev–Trinajstić information content (AvgIpc) is 2.68. The Kier molecular flexibility index (Phi) is 6.87. The summed E-state index contributed by atoms with van der Waals surface area (Å²) in [5.74, 6) is 0.117. The van der Waals surface area contributed by atoms with Crippen LogP contribution in [0.5, 0.6) is 0 Å². The van der Waals surface area contributed by atoms with Gasteiger partial charge in [0.1, 0.15) is 5.82 Å². The third kappa shape index (κ3) is 4.93. The summed E-state index contributed by atoms with van der Waals surface area (Å²) < 4.78 is 55.2. The zero-order valence-electron chi connectivity index (χ0n) is 17.1. The average molecular weight is 410 g/mol. The minimum Gasteiger partial charge on any atom is -0.389 e. The van der Waals surface area contributed by atoms with Crippen LogP contribution in [-0.2, 0) is 6.18 Å². The van der Waals surface area contributed by atoms with Gasteiger partial charge in [-0.05, 0) is 81.3 Å². The molecule has 0 aliphatic heterocycles. The van der Waals surface area contributed by atoms with Gasteiger partial charge < -0.3 is 5.11 Å². The molecule has 1 aromatic carbocycles. The van der Waals surface area contributed by atoms with E-state index < -0.39 is 29.2 Å². The molecule has 3 atom stereocenters. The molecule has 2 aliphatic rings. The Morgan fingerprint density at radius 1 is 1.03 bits per heavy atom. The molecule has 0 radical (unpaired) electrons. The summed E-state index contributed by atoms with van der Waals surface area (Å²) in [4.78, 5) is 0. The fraction of sp³-hybridized carbons (Fsp3) is 0.583. The maximum Gasteiger partial charge on any atom is 0.419 e. The van der Waals surface area contributed by atoms with Gasteiger partial charge in [-0.15, -0.1) is 0 Å². The minimum atomic E-state index is -4.83. The molecule has 1 saturated carbocycles. The predicted octanol–water partition coefficient (Wildman–Crippen LogP) is 7.33. The van der Waals surface area contributed by atoms with Crippen LogP contribution in [0.4, 0.5) is 17.6 Å². The molecule has 0 spiro atoms. The van der Waals surface area contributed by atoms with E-state index in [0.29, 0.717) is 24.2 Å². The minimum absolute atomic E-state index is 0.0771. The van der Waals surface area contributed by atoms with Crippen LogP contribution in [0.3, 0.4) is 0 Å². The maximum absolute atomic E-state index is 14.9. The highest BCUT2D eigenvalue weighted by Gasteiger charge is 2.40. The highest BCUT2D eigenvalue weighted by Crippen LogP contribution is 2.44. The first kappa shape index (κ1) is 22.1. The molecule has 0 heterocycles. The number of aliphatic hydroxyl groups excluding tert-OH is 1. The Labute approximate surface area is 170 Å². The Balaban J connectivity index is 1.76. The Bertz CT molecular complexity index is 755. The zero-order chi connectivity index (χ0) is 21.2. The Morgan fingerprint density at radius 2 is 1.72 bits per heavy atom. The van der Waals surface area contributed by atoms with Crippen molar-refractivity contribution < 1.29 is 22.7 Å². The van der Waals surface area contributed by atoms with Crippen LogP contribution < -0.4 is 0 Å². The van der Waals surface area contributed by atoms with Gasteiger partial charge in [-0.3, -0.25) is 0 Å². The van der Waals surface area contributed by atoms with Crippen molar-refractivity contribution >= 4 is 0 Å². The summed E-state index contributed by atoms with van der Waals surface area (Å²) in [6, 6.07) is 2.62. The van der Waals surface area contributed by atoms with Crippen LogP contribution in [0.15, 0.2) is 36.4 Å². The third-order valence-electron chi connectivity index (χ3n) is 6.63. The van der Waals surface area contributed by atoms with Crippen molar-refractivity contribution in [1.29, 1.82) is 0 Å². The van der Waals surface area contributed by atoms with Crippen molar-refractivity contribution in [2.24, 2.45) is 17.8 Å². The van der Waals surface area contributed by atoms with Gasteiger partial charge >= 0.3 is 6.18 Å². The number of hydrogen-bond donors (Lipinski definition) is 1. The summed E-state index contributed by atoms with van der Waals surface area (Å²) in [5, 5.41) is 9.64. The fourth-order valence-electron chi connectivity index (χ4n) is 5.06. The van der Waals surface area contributed by atoms with Crippen molar-refractivity contribution in [3.05, 3.63) is 58.9 Å². The first-order chi connectivity index (χ1) is 13.7. The van der Waals surface area contributed by atoms with E-state index in [-0.39, 0.29) is 11.5 Å². The third-order valence-corrected chi connectivity index (χ3v) is 6.63. The number of aliphatic hydroxyl groups is 1. The lowest BCUT2D eigenvalue weighted by atomic mass is 9.71. The zero-order valence-corrected chi connectivity index (χ0v) is 17.1. The van der Waals surface area contributed by atoms with Gasteiger partial charge in [-0.1, -0.05) is 36.4 Å². The van der Waals surface area contributed by atoms with Crippen molar-refractivity contribution in [3.63, 3.8) is 0 Å². The number of alkyl halides is 3. The summed E-state index contributed by atoms with van der Waals surface area (Å²) >= 11 is 0. The molecule has 1 N–H and O–H groups in total. The Morgan fingerprint density at radius 3 is 2.24 bits per heavy atom. The van der Waals surface area contributed by atoms with E-state index in [1.54, 1.807) is 0 Å². The molecule has 0 bridgehead atoms. The number of allylic oxidation sites excluding steroid dienone is 4. The lowest BCUT2D eigenvalue weighted by molar-refractivity contribution is -0.141. The van der Waals surface area contributed by atoms with Crippen LogP contribution in [-0.4, -0.2) is 5.11 Å². The molecule has 29 heavy (non-hydrogen) atoms. The van der Waals surface area contributed by atoms with Crippen LogP contribution >= 0.6 is 0 Å². The van der Waals surface area contributed by atoms with E-state index in [2.05, 4.69) is 18.2 Å². The monoisotopic (exact) mass is 410 g/mol. The lowest BCUT2D eigenvalue weighted by Crippen LogP contribution is -2.23. The smallest absolute Gasteiger partial charge is 0.389 e. The molecule has 0 saturated heterocycles. The summed E-state index contributed by atoms with van der Waals surface area (Å²) in [6.45, 7) is 3.27. The van der Waals surface area contributed by atoms with Gasteiger partial charge in [0.25, 0.3) is 0 Å². The molecule has 1 aromatic rings. The second-order valence-electron chi connectivity index (χ2n) is 8.54. The van der Waals surface area contributed by atoms with Crippen molar-refractivity contribution in [3.8, 4) is 0 Å². The van der Waals surface area contributed by atoms with Gasteiger partial charge in [-0.25, -0.2) is 4.39 Å². The normalized spacial score (nSPS) is 29.3. The molecular formula is C24H30F4O. The van der Waals surface area contributed by atoms with E-state index in [0.717, 1.165) is 6.42 Å². The molecule has 1 nitrogen and oxygen atoms in total. The molecule has 2 aliphatic carbocycles. The SMILES string of the molecule is C/C=C/C1CCC(C2C=CC(c3ccc(C(C)O)c(C(F)(F)F)c3F)CC2)CC1. The highest BCUT2D eigenvalue weighted by molar-refractivity contribution is 5.40. The van der Waals surface area contributed by atoms with E-state index in [4.69, 9.17) is 0 Å². The van der Waals surface area contributed by atoms with Crippen LogP contribution in [0.1, 0.15) is 81.1 Å². The van der Waals surface area contributed by atoms with Gasteiger partial charge in [0.15, 0.2) is 0 Å². The molecule has 3 rings (SSSR count). The standard InChI is InChI=1S/C24H30F4O/c1-3-4-16-5-7-17(8-6-16)18-9-11-19(12-10-18)21-14-13-20(15(2)29)22(23(21)25)24(26,27)28/h3-4,9,11,13-19,29H,5-8,10,12H2,1-2H3/b4-3+. The number of halogens is 4. The summed E-state index contributed by atoms with van der Waals surface area (Å²) in [6.07, 6.45) is 8.42. The first-order valence-corrected chi connectivity index (χ1v) is 10.6. The van der Waals surface area contributed by atoms with Gasteiger partial charge in [0, 0.05) is 5.92 Å². The molecule has 5 heteroatoms. The van der Waals surface area contributed by atoms with E-state index in [9.17, 15) is 22.7 Å². The highest BCUT2D eigenvalue weighted by atomic mass is 19.4. The molecule has 1 fully saturated rings. The number of hydrogen-bond acceptors (Lipinski definition) is 1. The quantitative estimate of drug-likeness (QED) is 0.407. The molecule has 3 unspecified atom stereocenters. The summed E-state index contributed by atoms with van der Waals surface area (Å²) in [5.41, 5.74) is -1.66. The van der Waals surface area contributed by atoms with E-state index in [1.807, 2.05) is 13.0 Å². The Hall–Kier alpha value is -1.62. The number of rotatable bonds is 4. The first-order valence-electron chi connectivity index (χ1n) is 10.6. The van der Waals surface area contributed by atoms with E-state index in [1.165, 1.54) is 44.7 Å². The molecule has 0 amide bonds. The topological polar surface area (TPSA) is 20.2 Å². The predicted molar refractivity (Wildman–Crippen MR) is 107 cm³/mol. The van der Waals surface area contributed by atoms with Crippen molar-refractivity contribution in [2.75, 3.05) is 0 Å². The van der Waals surface area contributed by atoms with E-state index >= 15 is 0 Å². The molecule has 0 aromatic heterocycles. The number of benzene rings is 1. The van der Waals surface area contributed by atoms with Crippen LogP contribution in [0, 0.1) is 23.6 Å². The molecular weight excluding hydrogens is 380 g/mol. The second kappa shape index (κ2) is 9.03. The van der Waals surface area contributed by atoms with Crippen LogP contribution in [0.25, 0.3) is 0 Å². The molecule has 160 valence electrons. The van der Waals surface area contributed by atoms with Gasteiger partial charge in [0.05, 0.1) is 11.7 Å². The second-order valence-corrected chi connectivity index (χ2v) is 8.54. The summed E-state index contributed by atoms with van der Waals surface area (Å²) in [7, 11) is 0. The van der Waals surface area contributed by atoms with Crippen molar-refractivity contribution in [1.82, 2.24) is 0 Å². The van der Waals surface area contributed by atoms with Crippen molar-refractivity contribution in [2.45, 2.75) is 70.6 Å². The fourth-order valence-corrected chi connectivity index (χ4v) is 5.06. The lowest BCUT2D eigenvalue weighted by Gasteiger charge is -2.34. The maximum atomic E-state index is 14.9.